The van der Waals surface area contributed by atoms with E-state index in [0.29, 0.717) is 17.4 Å². The monoisotopic (exact) mass is 1280 g/mol. The first-order valence-electron chi connectivity index (χ1n) is 37.9. The van der Waals surface area contributed by atoms with Crippen LogP contribution in [0.4, 0.5) is 0 Å². The number of phosphoric ester groups is 1. The maximum atomic E-state index is 12.9. The Kier molecular flexibility index (Phi) is 67.9. The van der Waals surface area contributed by atoms with Crippen LogP contribution in [0, 0.1) is 0 Å². The molecule has 0 aliphatic rings. The molecule has 90 heavy (non-hydrogen) atoms. The van der Waals surface area contributed by atoms with Crippen molar-refractivity contribution in [1.29, 1.82) is 0 Å². The third-order valence-corrected chi connectivity index (χ3v) is 17.6. The predicted octanol–water partition coefficient (Wildman–Crippen LogP) is 24.4. The van der Waals surface area contributed by atoms with E-state index in [4.69, 9.17) is 18.5 Å². The maximum absolute atomic E-state index is 12.9. The van der Waals surface area contributed by atoms with Crippen LogP contribution in [0.25, 0.3) is 0 Å². The molecule has 0 amide bonds. The third kappa shape index (κ3) is 74.0. The van der Waals surface area contributed by atoms with E-state index in [2.05, 4.69) is 111 Å². The highest BCUT2D eigenvalue weighted by Gasteiger charge is 2.22. The van der Waals surface area contributed by atoms with Crippen LogP contribution in [-0.2, 0) is 32.7 Å². The molecule has 0 bridgehead atoms. The molecule has 2 unspecified atom stereocenters. The number of carbonyl (C=O) groups is 2. The van der Waals surface area contributed by atoms with E-state index in [9.17, 15) is 19.0 Å². The van der Waals surface area contributed by atoms with Crippen LogP contribution in [0.2, 0.25) is 0 Å². The standard InChI is InChI=1S/C80H144NO8P/c1-6-8-10-12-14-16-18-20-22-24-26-28-30-32-33-34-35-36-37-38-39-40-41-42-43-44-45-46-47-49-50-52-54-56-58-60-62-64-66-68-70-72-79(82)86-76-78(77-88-90(84,85)87-75-74-81(3,4)5)89-80(83)73-71-69-67-65-63-61-59-57-55-53-51-48-31-29-27-25-23-21-19-17-15-13-11-9-7-2/h9,11,15,17-18,20-21,23-24,26-27,29-30,32,48,51,78H,6-8,10,12-14,16,19,22,25,28,31,33-47,49-50,52-77H2,1-5H3/b11-9-,17-15-,20-18-,23-21-,26-24-,29-27-,32-30-,51-48-. The van der Waals surface area contributed by atoms with Crippen LogP contribution in [0.3, 0.4) is 0 Å². The molecule has 0 aromatic rings. The minimum atomic E-state index is -4.65. The van der Waals surface area contributed by atoms with Gasteiger partial charge in [0.05, 0.1) is 27.7 Å². The Morgan fingerprint density at radius 1 is 0.356 bits per heavy atom. The highest BCUT2D eigenvalue weighted by molar-refractivity contribution is 7.45. The molecule has 0 spiro atoms. The summed E-state index contributed by atoms with van der Waals surface area (Å²) in [4.78, 5) is 38.1. The van der Waals surface area contributed by atoms with E-state index in [-0.39, 0.29) is 32.0 Å². The first-order valence-corrected chi connectivity index (χ1v) is 39.4. The summed E-state index contributed by atoms with van der Waals surface area (Å²) in [5.41, 5.74) is 0. The average molecular weight is 1280 g/mol. The molecule has 0 saturated carbocycles. The highest BCUT2D eigenvalue weighted by atomic mass is 31.2. The summed E-state index contributed by atoms with van der Waals surface area (Å²) in [5, 5.41) is 0. The maximum Gasteiger partial charge on any atom is 0.306 e. The number of phosphoric acid groups is 1. The van der Waals surface area contributed by atoms with Crippen molar-refractivity contribution in [3.8, 4) is 0 Å². The van der Waals surface area contributed by atoms with Gasteiger partial charge in [-0.3, -0.25) is 14.2 Å². The van der Waals surface area contributed by atoms with Crippen molar-refractivity contribution in [3.05, 3.63) is 97.2 Å². The summed E-state index contributed by atoms with van der Waals surface area (Å²) in [6.45, 7) is 4.14. The van der Waals surface area contributed by atoms with Gasteiger partial charge in [-0.05, 0) is 96.3 Å². The minimum absolute atomic E-state index is 0.0342. The van der Waals surface area contributed by atoms with Crippen LogP contribution in [0.15, 0.2) is 97.2 Å². The number of ether oxygens (including phenoxy) is 2. The van der Waals surface area contributed by atoms with E-state index >= 15 is 0 Å². The summed E-state index contributed by atoms with van der Waals surface area (Å²) >= 11 is 0. The molecular weight excluding hydrogens is 1130 g/mol. The topological polar surface area (TPSA) is 111 Å². The number of nitrogens with zero attached hydrogens (tertiary/aromatic N) is 1. The zero-order chi connectivity index (χ0) is 65.5. The fourth-order valence-corrected chi connectivity index (χ4v) is 11.5. The van der Waals surface area contributed by atoms with Gasteiger partial charge in [-0.1, -0.05) is 336 Å². The summed E-state index contributed by atoms with van der Waals surface area (Å²) in [6, 6.07) is 0. The van der Waals surface area contributed by atoms with Crippen LogP contribution in [0.1, 0.15) is 348 Å². The lowest BCUT2D eigenvalue weighted by atomic mass is 10.0. The van der Waals surface area contributed by atoms with E-state index in [1.165, 1.54) is 225 Å². The number of hydrogen-bond donors (Lipinski definition) is 0. The molecule has 0 fully saturated rings. The number of rotatable bonds is 70. The SMILES string of the molecule is CC/C=C\C/C=C\C/C=C\C/C=C\C/C=C\CCCCCCCCCCCC(=O)OC(COC(=O)CCCCCCCCCCCCCCCCCCCCCCCCCCCC/C=C\C/C=C\C/C=C\CCCCCCC)COP(=O)([O-])OCC[N+](C)(C)C. The summed E-state index contributed by atoms with van der Waals surface area (Å²) < 4.78 is 34.3. The lowest BCUT2D eigenvalue weighted by molar-refractivity contribution is -0.870. The molecule has 0 aliphatic heterocycles. The Bertz CT molecular complexity index is 1840. The molecule has 522 valence electrons. The number of quaternary nitrogens is 1. The molecule has 0 N–H and O–H groups in total. The molecule has 2 atom stereocenters. The second-order valence-electron chi connectivity index (χ2n) is 26.6. The Labute approximate surface area is 557 Å². The number of esters is 2. The largest absolute Gasteiger partial charge is 0.756 e. The minimum Gasteiger partial charge on any atom is -0.756 e. The molecule has 0 aliphatic carbocycles. The third-order valence-electron chi connectivity index (χ3n) is 16.6. The van der Waals surface area contributed by atoms with Gasteiger partial charge < -0.3 is 27.9 Å². The summed E-state index contributed by atoms with van der Waals surface area (Å²) in [5.74, 6) is -0.830. The van der Waals surface area contributed by atoms with Gasteiger partial charge in [0.1, 0.15) is 19.8 Å². The summed E-state index contributed by atoms with van der Waals surface area (Å²) in [7, 11) is 1.17. The van der Waals surface area contributed by atoms with Gasteiger partial charge in [0, 0.05) is 12.8 Å². The lowest BCUT2D eigenvalue weighted by Crippen LogP contribution is -2.37. The van der Waals surface area contributed by atoms with Gasteiger partial charge >= 0.3 is 11.9 Å². The first kappa shape index (κ1) is 86.9. The normalized spacial score (nSPS) is 13.6. The Hall–Kier alpha value is -3.07. The van der Waals surface area contributed by atoms with Gasteiger partial charge in [0.15, 0.2) is 6.10 Å². The van der Waals surface area contributed by atoms with E-state index in [1.54, 1.807) is 0 Å². The van der Waals surface area contributed by atoms with Crippen molar-refractivity contribution < 1.29 is 42.1 Å². The van der Waals surface area contributed by atoms with Crippen molar-refractivity contribution in [2.24, 2.45) is 0 Å². The number of carbonyl (C=O) groups excluding carboxylic acids is 2. The molecule has 0 rings (SSSR count). The van der Waals surface area contributed by atoms with Crippen molar-refractivity contribution >= 4 is 19.8 Å². The second-order valence-corrected chi connectivity index (χ2v) is 28.0. The average Bonchev–Trinajstić information content (AvgIpc) is 3.58. The number of hydrogen-bond acceptors (Lipinski definition) is 8. The van der Waals surface area contributed by atoms with Gasteiger partial charge in [-0.25, -0.2) is 0 Å². The van der Waals surface area contributed by atoms with Gasteiger partial charge in [0.2, 0.25) is 0 Å². The van der Waals surface area contributed by atoms with Gasteiger partial charge in [0.25, 0.3) is 7.82 Å². The molecule has 0 radical (unpaired) electrons. The highest BCUT2D eigenvalue weighted by Crippen LogP contribution is 2.38. The van der Waals surface area contributed by atoms with Crippen LogP contribution in [-0.4, -0.2) is 70.0 Å². The van der Waals surface area contributed by atoms with Crippen LogP contribution >= 0.6 is 7.82 Å². The second kappa shape index (κ2) is 70.3. The first-order chi connectivity index (χ1) is 44.0. The van der Waals surface area contributed by atoms with Crippen molar-refractivity contribution in [3.63, 3.8) is 0 Å². The van der Waals surface area contributed by atoms with E-state index in [0.717, 1.165) is 89.9 Å². The van der Waals surface area contributed by atoms with Gasteiger partial charge in [-0.15, -0.1) is 0 Å². The Balaban J connectivity index is 3.93. The molecule has 0 aromatic heterocycles. The zero-order valence-corrected chi connectivity index (χ0v) is 60.5. The van der Waals surface area contributed by atoms with Gasteiger partial charge in [-0.2, -0.15) is 0 Å². The number of allylic oxidation sites excluding steroid dienone is 16. The molecular formula is C80H144NO8P. The number of likely N-dealkylation sites (N-methyl/N-ethyl adjacent to an activating group) is 1. The van der Waals surface area contributed by atoms with Crippen molar-refractivity contribution in [2.75, 3.05) is 47.5 Å². The zero-order valence-electron chi connectivity index (χ0n) is 59.6. The van der Waals surface area contributed by atoms with E-state index < -0.39 is 26.5 Å². The van der Waals surface area contributed by atoms with E-state index in [1.807, 2.05) is 21.1 Å². The molecule has 0 heterocycles. The molecule has 0 saturated heterocycles. The smallest absolute Gasteiger partial charge is 0.306 e. The van der Waals surface area contributed by atoms with Crippen LogP contribution < -0.4 is 4.89 Å². The molecule has 9 nitrogen and oxygen atoms in total. The van der Waals surface area contributed by atoms with Crippen molar-refractivity contribution in [1.82, 2.24) is 0 Å². The molecule has 0 aromatic carbocycles. The lowest BCUT2D eigenvalue weighted by Gasteiger charge is -2.28. The Morgan fingerprint density at radius 3 is 0.944 bits per heavy atom. The Morgan fingerprint density at radius 2 is 0.633 bits per heavy atom. The fraction of sp³-hybridized carbons (Fsp3) is 0.775. The fourth-order valence-electron chi connectivity index (χ4n) is 10.8. The summed E-state index contributed by atoms with van der Waals surface area (Å²) in [6.07, 6.45) is 98.0. The van der Waals surface area contributed by atoms with Crippen molar-refractivity contribution in [2.45, 2.75) is 354 Å². The predicted molar refractivity (Wildman–Crippen MR) is 388 cm³/mol. The van der Waals surface area contributed by atoms with Crippen LogP contribution in [0.5, 0.6) is 0 Å². The molecule has 10 heteroatoms. The number of unbranched alkanes of at least 4 members (excludes halogenated alkanes) is 40. The quantitative estimate of drug-likeness (QED) is 0.0195.